The third-order valence-corrected chi connectivity index (χ3v) is 2.79. The molecule has 0 amide bonds. The maximum absolute atomic E-state index is 10.3. The SMILES string of the molecule is CC1([C@H](N)CC(=O)O)CCC1. The van der Waals surface area contributed by atoms with E-state index in [1.54, 1.807) is 0 Å². The van der Waals surface area contributed by atoms with Gasteiger partial charge in [0.2, 0.25) is 0 Å². The van der Waals surface area contributed by atoms with Crippen molar-refractivity contribution in [2.45, 2.75) is 38.6 Å². The lowest BCUT2D eigenvalue weighted by Crippen LogP contribution is -2.45. The second kappa shape index (κ2) is 2.81. The molecule has 0 aliphatic heterocycles. The Hall–Kier alpha value is -0.570. The fraction of sp³-hybridized carbons (Fsp3) is 0.875. The van der Waals surface area contributed by atoms with Gasteiger partial charge >= 0.3 is 5.97 Å². The summed E-state index contributed by atoms with van der Waals surface area (Å²) in [7, 11) is 0. The van der Waals surface area contributed by atoms with Crippen LogP contribution in [0.3, 0.4) is 0 Å². The number of hydrogen-bond acceptors (Lipinski definition) is 2. The summed E-state index contributed by atoms with van der Waals surface area (Å²) < 4.78 is 0. The molecule has 0 bridgehead atoms. The van der Waals surface area contributed by atoms with Crippen LogP contribution in [0.1, 0.15) is 32.6 Å². The molecule has 3 heteroatoms. The van der Waals surface area contributed by atoms with Gasteiger partial charge in [0, 0.05) is 6.04 Å². The number of carboxylic acids is 1. The van der Waals surface area contributed by atoms with E-state index in [4.69, 9.17) is 10.8 Å². The molecule has 1 fully saturated rings. The molecule has 0 radical (unpaired) electrons. The van der Waals surface area contributed by atoms with E-state index < -0.39 is 5.97 Å². The van der Waals surface area contributed by atoms with Crippen LogP contribution in [0.2, 0.25) is 0 Å². The molecule has 1 aliphatic rings. The Bertz CT molecular complexity index is 163. The number of carboxylic acid groups (broad SMARTS) is 1. The van der Waals surface area contributed by atoms with Gasteiger partial charge in [-0.05, 0) is 18.3 Å². The molecule has 0 heterocycles. The van der Waals surface area contributed by atoms with E-state index in [9.17, 15) is 4.79 Å². The first kappa shape index (κ1) is 8.53. The molecular formula is C8H15NO2. The smallest absolute Gasteiger partial charge is 0.304 e. The third-order valence-electron chi connectivity index (χ3n) is 2.79. The summed E-state index contributed by atoms with van der Waals surface area (Å²) >= 11 is 0. The zero-order valence-electron chi connectivity index (χ0n) is 6.84. The molecule has 1 aliphatic carbocycles. The highest BCUT2D eigenvalue weighted by Crippen LogP contribution is 2.43. The van der Waals surface area contributed by atoms with Gasteiger partial charge in [-0.25, -0.2) is 0 Å². The zero-order valence-corrected chi connectivity index (χ0v) is 6.84. The fourth-order valence-electron chi connectivity index (χ4n) is 1.54. The Morgan fingerprint density at radius 1 is 1.73 bits per heavy atom. The molecule has 0 spiro atoms. The number of hydrogen-bond donors (Lipinski definition) is 2. The number of carbonyl (C=O) groups is 1. The number of aliphatic carboxylic acids is 1. The summed E-state index contributed by atoms with van der Waals surface area (Å²) in [6.07, 6.45) is 3.48. The fourth-order valence-corrected chi connectivity index (χ4v) is 1.54. The molecule has 0 saturated heterocycles. The lowest BCUT2D eigenvalue weighted by molar-refractivity contribution is -0.138. The van der Waals surface area contributed by atoms with Crippen LogP contribution in [-0.4, -0.2) is 17.1 Å². The van der Waals surface area contributed by atoms with Crippen LogP contribution in [0.25, 0.3) is 0 Å². The quantitative estimate of drug-likeness (QED) is 0.641. The summed E-state index contributed by atoms with van der Waals surface area (Å²) in [5.41, 5.74) is 5.84. The van der Waals surface area contributed by atoms with Crippen LogP contribution in [0.5, 0.6) is 0 Å². The first-order chi connectivity index (χ1) is 5.04. The highest BCUT2D eigenvalue weighted by Gasteiger charge is 2.38. The van der Waals surface area contributed by atoms with Crippen LogP contribution in [0, 0.1) is 5.41 Å². The van der Waals surface area contributed by atoms with Gasteiger partial charge in [-0.3, -0.25) is 4.79 Å². The molecule has 3 nitrogen and oxygen atoms in total. The van der Waals surface area contributed by atoms with E-state index in [-0.39, 0.29) is 17.9 Å². The van der Waals surface area contributed by atoms with Gasteiger partial charge in [-0.2, -0.15) is 0 Å². The van der Waals surface area contributed by atoms with E-state index in [1.165, 1.54) is 6.42 Å². The first-order valence-electron chi connectivity index (χ1n) is 4.02. The minimum absolute atomic E-state index is 0.108. The van der Waals surface area contributed by atoms with Gasteiger partial charge in [0.25, 0.3) is 0 Å². The number of nitrogens with two attached hydrogens (primary N) is 1. The van der Waals surface area contributed by atoms with Crippen molar-refractivity contribution in [1.29, 1.82) is 0 Å². The van der Waals surface area contributed by atoms with Gasteiger partial charge in [-0.15, -0.1) is 0 Å². The van der Waals surface area contributed by atoms with Crippen LogP contribution in [-0.2, 0) is 4.79 Å². The summed E-state index contributed by atoms with van der Waals surface area (Å²) in [5.74, 6) is -0.786. The summed E-state index contributed by atoms with van der Waals surface area (Å²) in [6, 6.07) is -0.159. The van der Waals surface area contributed by atoms with E-state index in [1.807, 2.05) is 0 Å². The van der Waals surface area contributed by atoms with Gasteiger partial charge in [0.05, 0.1) is 6.42 Å². The molecule has 1 rings (SSSR count). The second-order valence-electron chi connectivity index (χ2n) is 3.71. The minimum Gasteiger partial charge on any atom is -0.481 e. The van der Waals surface area contributed by atoms with Crippen LogP contribution in [0.4, 0.5) is 0 Å². The maximum Gasteiger partial charge on any atom is 0.304 e. The summed E-state index contributed by atoms with van der Waals surface area (Å²) in [6.45, 7) is 2.07. The van der Waals surface area contributed by atoms with Crippen molar-refractivity contribution in [3.05, 3.63) is 0 Å². The van der Waals surface area contributed by atoms with Crippen molar-refractivity contribution < 1.29 is 9.90 Å². The molecule has 0 unspecified atom stereocenters. The molecule has 11 heavy (non-hydrogen) atoms. The topological polar surface area (TPSA) is 63.3 Å². The highest BCUT2D eigenvalue weighted by molar-refractivity contribution is 5.67. The standard InChI is InChI=1S/C8H15NO2/c1-8(3-2-4-8)6(9)5-7(10)11/h6H,2-5,9H2,1H3,(H,10,11)/t6-/m1/s1. The van der Waals surface area contributed by atoms with Crippen molar-refractivity contribution in [3.63, 3.8) is 0 Å². The van der Waals surface area contributed by atoms with Gasteiger partial charge in [0.15, 0.2) is 0 Å². The Morgan fingerprint density at radius 2 is 2.27 bits per heavy atom. The molecule has 0 aromatic carbocycles. The Labute approximate surface area is 66.6 Å². The largest absolute Gasteiger partial charge is 0.481 e. The first-order valence-corrected chi connectivity index (χ1v) is 4.02. The van der Waals surface area contributed by atoms with Crippen LogP contribution in [0.15, 0.2) is 0 Å². The van der Waals surface area contributed by atoms with Crippen molar-refractivity contribution >= 4 is 5.97 Å². The Kier molecular flexibility index (Phi) is 2.18. The lowest BCUT2D eigenvalue weighted by Gasteiger charge is -2.42. The average Bonchev–Trinajstić information content (AvgIpc) is 1.81. The average molecular weight is 157 g/mol. The zero-order chi connectivity index (χ0) is 8.48. The van der Waals surface area contributed by atoms with Crippen LogP contribution < -0.4 is 5.73 Å². The Balaban J connectivity index is 2.40. The maximum atomic E-state index is 10.3. The van der Waals surface area contributed by atoms with Crippen molar-refractivity contribution in [3.8, 4) is 0 Å². The van der Waals surface area contributed by atoms with Crippen molar-refractivity contribution in [2.75, 3.05) is 0 Å². The summed E-state index contributed by atoms with van der Waals surface area (Å²) in [5, 5.41) is 8.49. The van der Waals surface area contributed by atoms with E-state index in [2.05, 4.69) is 6.92 Å². The molecule has 1 saturated carbocycles. The second-order valence-corrected chi connectivity index (χ2v) is 3.71. The third kappa shape index (κ3) is 1.71. The van der Waals surface area contributed by atoms with E-state index >= 15 is 0 Å². The predicted octanol–water partition coefficient (Wildman–Crippen LogP) is 0.979. The molecule has 0 aromatic rings. The van der Waals surface area contributed by atoms with Gasteiger partial charge in [0.1, 0.15) is 0 Å². The highest BCUT2D eigenvalue weighted by atomic mass is 16.4. The van der Waals surface area contributed by atoms with Crippen molar-refractivity contribution in [2.24, 2.45) is 11.1 Å². The van der Waals surface area contributed by atoms with Crippen molar-refractivity contribution in [1.82, 2.24) is 0 Å². The minimum atomic E-state index is -0.786. The van der Waals surface area contributed by atoms with Gasteiger partial charge in [-0.1, -0.05) is 13.3 Å². The Morgan fingerprint density at radius 3 is 2.55 bits per heavy atom. The van der Waals surface area contributed by atoms with Crippen LogP contribution >= 0.6 is 0 Å². The number of rotatable bonds is 3. The monoisotopic (exact) mass is 157 g/mol. The van der Waals surface area contributed by atoms with E-state index in [0.717, 1.165) is 12.8 Å². The van der Waals surface area contributed by atoms with Gasteiger partial charge < -0.3 is 10.8 Å². The molecule has 0 aromatic heterocycles. The normalized spacial score (nSPS) is 23.8. The molecule has 1 atom stereocenters. The molecule has 64 valence electrons. The molecular weight excluding hydrogens is 142 g/mol. The lowest BCUT2D eigenvalue weighted by atomic mass is 9.65. The molecule has 3 N–H and O–H groups in total. The predicted molar refractivity (Wildman–Crippen MR) is 42.2 cm³/mol. The summed E-state index contributed by atoms with van der Waals surface area (Å²) in [4.78, 5) is 10.3. The van der Waals surface area contributed by atoms with E-state index in [0.29, 0.717) is 0 Å².